The average Bonchev–Trinajstić information content (AvgIpc) is 2.71. The number of para-hydroxylation sites is 1. The van der Waals surface area contributed by atoms with E-state index in [0.29, 0.717) is 13.2 Å². The van der Waals surface area contributed by atoms with Crippen molar-refractivity contribution in [1.29, 1.82) is 0 Å². The van der Waals surface area contributed by atoms with Crippen molar-refractivity contribution in [2.75, 3.05) is 53.9 Å². The first-order valence-corrected chi connectivity index (χ1v) is 10.7. The van der Waals surface area contributed by atoms with Crippen molar-refractivity contribution in [3.8, 4) is 5.75 Å². The third-order valence-electron chi connectivity index (χ3n) is 5.35. The van der Waals surface area contributed by atoms with Gasteiger partial charge in [-0.05, 0) is 46.0 Å². The minimum atomic E-state index is 0. The summed E-state index contributed by atoms with van der Waals surface area (Å²) in [6, 6.07) is 8.95. The van der Waals surface area contributed by atoms with Gasteiger partial charge in [-0.3, -0.25) is 9.89 Å². The quantitative estimate of drug-likeness (QED) is 0.284. The molecule has 0 spiro atoms. The molecular formula is C22H40IN5O. The second-order valence-electron chi connectivity index (χ2n) is 7.71. The molecule has 2 N–H and O–H groups in total. The highest BCUT2D eigenvalue weighted by atomic mass is 127. The molecule has 7 heteroatoms. The summed E-state index contributed by atoms with van der Waals surface area (Å²) in [6.07, 6.45) is 5.29. The fraction of sp³-hybridized carbons (Fsp3) is 0.682. The number of likely N-dealkylation sites (N-methyl/N-ethyl adjacent to an activating group) is 1. The van der Waals surface area contributed by atoms with Crippen molar-refractivity contribution < 1.29 is 4.74 Å². The predicted octanol–water partition coefficient (Wildman–Crippen LogP) is 3.17. The number of ether oxygens (including phenoxy) is 1. The van der Waals surface area contributed by atoms with E-state index in [1.807, 2.05) is 25.2 Å². The third kappa shape index (κ3) is 9.53. The Balaban J connectivity index is 0.00000420. The van der Waals surface area contributed by atoms with E-state index in [1.54, 1.807) is 0 Å². The highest BCUT2D eigenvalue weighted by molar-refractivity contribution is 14.0. The molecule has 1 aromatic rings. The maximum atomic E-state index is 5.95. The number of nitrogens with zero attached hydrogens (tertiary/aromatic N) is 3. The van der Waals surface area contributed by atoms with Gasteiger partial charge in [-0.25, -0.2) is 0 Å². The first kappa shape index (κ1) is 26.0. The lowest BCUT2D eigenvalue weighted by atomic mass is 10.0. The van der Waals surface area contributed by atoms with Crippen LogP contribution in [0.15, 0.2) is 29.3 Å². The van der Waals surface area contributed by atoms with Crippen LogP contribution >= 0.6 is 24.0 Å². The monoisotopic (exact) mass is 517 g/mol. The zero-order valence-electron chi connectivity index (χ0n) is 18.6. The highest BCUT2D eigenvalue weighted by Crippen LogP contribution is 2.19. The standard InChI is InChI=1S/C22H39N5O.HI/c1-5-20-11-8-9-14-27(20)15-13-24-22(23-2)25-18-19-10-6-7-12-21(19)28-17-16-26(3)4;/h6-7,10,12,20H,5,8-9,11,13-18H2,1-4H3,(H2,23,24,25);1H. The number of nitrogens with one attached hydrogen (secondary N) is 2. The smallest absolute Gasteiger partial charge is 0.191 e. The molecular weight excluding hydrogens is 477 g/mol. The van der Waals surface area contributed by atoms with Gasteiger partial charge in [-0.2, -0.15) is 0 Å². The van der Waals surface area contributed by atoms with Gasteiger partial charge in [0.05, 0.1) is 0 Å². The number of hydrogen-bond acceptors (Lipinski definition) is 4. The van der Waals surface area contributed by atoms with E-state index in [1.165, 1.54) is 32.2 Å². The Morgan fingerprint density at radius 3 is 2.76 bits per heavy atom. The Morgan fingerprint density at radius 2 is 2.03 bits per heavy atom. The molecule has 0 bridgehead atoms. The second kappa shape index (κ2) is 14.8. The summed E-state index contributed by atoms with van der Waals surface area (Å²) < 4.78 is 5.95. The molecule has 0 saturated carbocycles. The maximum Gasteiger partial charge on any atom is 0.191 e. The molecule has 166 valence electrons. The van der Waals surface area contributed by atoms with Gasteiger partial charge in [-0.1, -0.05) is 31.5 Å². The fourth-order valence-corrected chi connectivity index (χ4v) is 3.66. The van der Waals surface area contributed by atoms with Crippen LogP contribution in [0.25, 0.3) is 0 Å². The summed E-state index contributed by atoms with van der Waals surface area (Å²) in [5.74, 6) is 1.78. The van der Waals surface area contributed by atoms with E-state index >= 15 is 0 Å². The number of likely N-dealkylation sites (tertiary alicyclic amines) is 1. The summed E-state index contributed by atoms with van der Waals surface area (Å²) in [7, 11) is 5.93. The molecule has 0 aliphatic carbocycles. The third-order valence-corrected chi connectivity index (χ3v) is 5.35. The molecule has 1 aromatic carbocycles. The van der Waals surface area contributed by atoms with Crippen LogP contribution in [0.1, 0.15) is 38.2 Å². The van der Waals surface area contributed by atoms with Crippen molar-refractivity contribution >= 4 is 29.9 Å². The predicted molar refractivity (Wildman–Crippen MR) is 134 cm³/mol. The SMILES string of the molecule is CCC1CCCCN1CCNC(=NC)NCc1ccccc1OCCN(C)C.I. The summed E-state index contributed by atoms with van der Waals surface area (Å²) in [4.78, 5) is 9.11. The molecule has 29 heavy (non-hydrogen) atoms. The first-order chi connectivity index (χ1) is 13.6. The van der Waals surface area contributed by atoms with Crippen LogP contribution in [0.4, 0.5) is 0 Å². The number of guanidine groups is 1. The topological polar surface area (TPSA) is 52.1 Å². The van der Waals surface area contributed by atoms with Crippen molar-refractivity contribution in [3.05, 3.63) is 29.8 Å². The lowest BCUT2D eigenvalue weighted by molar-refractivity contribution is 0.147. The number of halogens is 1. The zero-order valence-corrected chi connectivity index (χ0v) is 20.9. The molecule has 1 fully saturated rings. The van der Waals surface area contributed by atoms with Crippen LogP contribution in [0.2, 0.25) is 0 Å². The largest absolute Gasteiger partial charge is 0.492 e. The summed E-state index contributed by atoms with van der Waals surface area (Å²) in [5.41, 5.74) is 1.14. The Bertz CT molecular complexity index is 596. The highest BCUT2D eigenvalue weighted by Gasteiger charge is 2.19. The van der Waals surface area contributed by atoms with Crippen LogP contribution < -0.4 is 15.4 Å². The van der Waals surface area contributed by atoms with Crippen LogP contribution in [-0.2, 0) is 6.54 Å². The zero-order chi connectivity index (χ0) is 20.2. The Morgan fingerprint density at radius 1 is 1.24 bits per heavy atom. The van der Waals surface area contributed by atoms with Gasteiger partial charge < -0.3 is 20.3 Å². The molecule has 1 aliphatic heterocycles. The molecule has 0 radical (unpaired) electrons. The second-order valence-corrected chi connectivity index (χ2v) is 7.71. The van der Waals surface area contributed by atoms with E-state index in [2.05, 4.69) is 52.5 Å². The van der Waals surface area contributed by atoms with Crippen LogP contribution in [-0.4, -0.2) is 75.7 Å². The number of piperidine rings is 1. The maximum absolute atomic E-state index is 5.95. The molecule has 1 saturated heterocycles. The van der Waals surface area contributed by atoms with Gasteiger partial charge in [-0.15, -0.1) is 24.0 Å². The van der Waals surface area contributed by atoms with Crippen LogP contribution in [0, 0.1) is 0 Å². The van der Waals surface area contributed by atoms with Crippen LogP contribution in [0.3, 0.4) is 0 Å². The Labute approximate surface area is 194 Å². The molecule has 0 aromatic heterocycles. The Kier molecular flexibility index (Phi) is 13.3. The molecule has 0 amide bonds. The van der Waals surface area contributed by atoms with Crippen molar-refractivity contribution in [3.63, 3.8) is 0 Å². The van der Waals surface area contributed by atoms with Gasteiger partial charge in [0.25, 0.3) is 0 Å². The van der Waals surface area contributed by atoms with E-state index in [0.717, 1.165) is 42.9 Å². The fourth-order valence-electron chi connectivity index (χ4n) is 3.66. The van der Waals surface area contributed by atoms with E-state index < -0.39 is 0 Å². The number of rotatable bonds is 10. The summed E-state index contributed by atoms with van der Waals surface area (Å²) >= 11 is 0. The normalized spacial score (nSPS) is 17.7. The summed E-state index contributed by atoms with van der Waals surface area (Å²) in [5, 5.41) is 6.88. The first-order valence-electron chi connectivity index (χ1n) is 10.7. The van der Waals surface area contributed by atoms with Gasteiger partial charge in [0.2, 0.25) is 0 Å². The van der Waals surface area contributed by atoms with Gasteiger partial charge in [0.1, 0.15) is 12.4 Å². The van der Waals surface area contributed by atoms with Crippen molar-refractivity contribution in [1.82, 2.24) is 20.4 Å². The Hall–Kier alpha value is -1.06. The van der Waals surface area contributed by atoms with E-state index in [4.69, 9.17) is 4.74 Å². The van der Waals surface area contributed by atoms with E-state index in [9.17, 15) is 0 Å². The average molecular weight is 518 g/mol. The van der Waals surface area contributed by atoms with Crippen LogP contribution in [0.5, 0.6) is 5.75 Å². The van der Waals surface area contributed by atoms with Gasteiger partial charge in [0, 0.05) is 44.8 Å². The summed E-state index contributed by atoms with van der Waals surface area (Å²) in [6.45, 7) is 7.80. The number of benzene rings is 1. The minimum absolute atomic E-state index is 0. The van der Waals surface area contributed by atoms with Gasteiger partial charge in [0.15, 0.2) is 5.96 Å². The number of aliphatic imine (C=N–C) groups is 1. The molecule has 1 unspecified atom stereocenters. The molecule has 1 atom stereocenters. The lowest BCUT2D eigenvalue weighted by Gasteiger charge is -2.35. The molecule has 1 aliphatic rings. The van der Waals surface area contributed by atoms with Crippen molar-refractivity contribution in [2.45, 2.75) is 45.2 Å². The lowest BCUT2D eigenvalue weighted by Crippen LogP contribution is -2.45. The number of hydrogen-bond donors (Lipinski definition) is 2. The minimum Gasteiger partial charge on any atom is -0.492 e. The van der Waals surface area contributed by atoms with Gasteiger partial charge >= 0.3 is 0 Å². The van der Waals surface area contributed by atoms with Crippen molar-refractivity contribution in [2.24, 2.45) is 4.99 Å². The molecule has 1 heterocycles. The molecule has 6 nitrogen and oxygen atoms in total. The van der Waals surface area contributed by atoms with E-state index in [-0.39, 0.29) is 24.0 Å². The molecule has 2 rings (SSSR count).